The number of hydrogen-bond donors (Lipinski definition) is 2. The van der Waals surface area contributed by atoms with Crippen LogP contribution in [0.5, 0.6) is 0 Å². The second-order valence-corrected chi connectivity index (χ2v) is 16.2. The fourth-order valence-corrected chi connectivity index (χ4v) is 8.47. The monoisotopic (exact) mass is 862 g/mol. The lowest BCUT2D eigenvalue weighted by molar-refractivity contribution is 0.0532. The summed E-state index contributed by atoms with van der Waals surface area (Å²) in [6.07, 6.45) is 9.39. The van der Waals surface area contributed by atoms with Gasteiger partial charge in [-0.05, 0) is 59.6 Å². The smallest absolute Gasteiger partial charge is 0.0907 e. The van der Waals surface area contributed by atoms with Crippen LogP contribution in [0.4, 0.5) is 0 Å². The molecule has 0 radical (unpaired) electrons. The van der Waals surface area contributed by atoms with Crippen molar-refractivity contribution >= 4 is 24.4 Å². The first-order valence-electron chi connectivity index (χ1n) is 21.5. The minimum Gasteiger partial charge on any atom is -0.396 e. The number of rotatable bonds is 19. The summed E-state index contributed by atoms with van der Waals surface area (Å²) in [4.78, 5) is 0. The summed E-state index contributed by atoms with van der Waals surface area (Å²) in [5, 5.41) is 8.22. The summed E-state index contributed by atoms with van der Waals surface area (Å²) in [5.41, 5.74) is 7.38. The van der Waals surface area contributed by atoms with Crippen LogP contribution in [0, 0.1) is 24.2 Å². The molecule has 0 unspecified atom stereocenters. The largest absolute Gasteiger partial charge is 0.396 e. The molecule has 322 valence electrons. The maximum atomic E-state index is 8.22. The van der Waals surface area contributed by atoms with Crippen LogP contribution in [0.2, 0.25) is 0 Å². The quantitative estimate of drug-likeness (QED) is 0.0279. The SMILES string of the molecule is C#CCCCCO.C1CO1.CC#CCCCOCCOCCSC(c1ccccc1)(c1ccccc1)c1ccccc1.SC(c1ccccc1)(c1ccccc1)c1ccccc1. The number of unbranched alkanes of at least 4 members (excludes halogenated alkanes) is 3. The predicted molar refractivity (Wildman–Crippen MR) is 265 cm³/mol. The molecule has 0 aromatic heterocycles. The first-order valence-corrected chi connectivity index (χ1v) is 22.9. The van der Waals surface area contributed by atoms with Crippen molar-refractivity contribution in [1.29, 1.82) is 0 Å². The second kappa shape index (κ2) is 30.1. The lowest BCUT2D eigenvalue weighted by Gasteiger charge is -2.35. The number of thiol groups is 1. The molecule has 6 aromatic carbocycles. The Morgan fingerprint density at radius 3 is 1.26 bits per heavy atom. The van der Waals surface area contributed by atoms with Crippen LogP contribution in [0.15, 0.2) is 182 Å². The van der Waals surface area contributed by atoms with E-state index in [2.05, 4.69) is 186 Å². The second-order valence-electron chi connectivity index (χ2n) is 14.2. The lowest BCUT2D eigenvalue weighted by Crippen LogP contribution is -2.26. The van der Waals surface area contributed by atoms with E-state index >= 15 is 0 Å². The Morgan fingerprint density at radius 1 is 0.548 bits per heavy atom. The summed E-state index contributed by atoms with van der Waals surface area (Å²) < 4.78 is 15.3. The van der Waals surface area contributed by atoms with Gasteiger partial charge in [0.1, 0.15) is 0 Å². The Morgan fingerprint density at radius 2 is 0.919 bits per heavy atom. The molecule has 0 atom stereocenters. The molecule has 7 rings (SSSR count). The molecule has 1 saturated heterocycles. The Bertz CT molecular complexity index is 1920. The zero-order valence-corrected chi connectivity index (χ0v) is 37.8. The number of thioether (sulfide) groups is 1. The highest BCUT2D eigenvalue weighted by atomic mass is 32.2. The minimum atomic E-state index is -0.427. The average Bonchev–Trinajstić information content (AvgIpc) is 4.25. The number of benzene rings is 6. The Balaban J connectivity index is 0.000000236. The lowest BCUT2D eigenvalue weighted by atomic mass is 9.84. The average molecular weight is 863 g/mol. The number of ether oxygens (including phenoxy) is 3. The van der Waals surface area contributed by atoms with E-state index in [0.29, 0.717) is 19.8 Å². The third-order valence-corrected chi connectivity index (χ3v) is 12.0. The van der Waals surface area contributed by atoms with Crippen LogP contribution < -0.4 is 0 Å². The standard InChI is InChI=1S/C29H32O2S.C19H16S.C6H10O.C2H4O/c1-2-3-4-14-21-30-22-23-31-24-25-32-29(26-15-8-5-9-16-26,27-17-10-6-11-18-27)28-19-12-7-13-20-28;20-19(16-10-4-1-5-11-16,17-12-6-2-7-13-17)18-14-8-3-9-15-18;1-2-3-4-5-6-7;1-2-3-1/h5-13,15-20H,4,14,21-25H2,1H3;1-15,20H;1,7H,3-6H2;1-2H2. The highest BCUT2D eigenvalue weighted by molar-refractivity contribution is 8.00. The van der Waals surface area contributed by atoms with Crippen LogP contribution >= 0.6 is 24.4 Å². The van der Waals surface area contributed by atoms with Gasteiger partial charge in [0.05, 0.1) is 42.5 Å². The van der Waals surface area contributed by atoms with Crippen molar-refractivity contribution in [2.45, 2.75) is 48.5 Å². The van der Waals surface area contributed by atoms with Gasteiger partial charge in [-0.1, -0.05) is 182 Å². The third kappa shape index (κ3) is 16.7. The van der Waals surface area contributed by atoms with Crippen molar-refractivity contribution in [1.82, 2.24) is 0 Å². The molecular formula is C56H62O4S2. The number of epoxide rings is 1. The predicted octanol–water partition coefficient (Wildman–Crippen LogP) is 12.3. The van der Waals surface area contributed by atoms with Gasteiger partial charge in [0, 0.05) is 31.8 Å². The van der Waals surface area contributed by atoms with Gasteiger partial charge in [0.15, 0.2) is 0 Å². The first kappa shape index (κ1) is 49.6. The van der Waals surface area contributed by atoms with E-state index in [1.165, 1.54) is 33.4 Å². The van der Waals surface area contributed by atoms with Gasteiger partial charge < -0.3 is 19.3 Å². The Kier molecular flexibility index (Phi) is 24.1. The van der Waals surface area contributed by atoms with E-state index in [-0.39, 0.29) is 11.4 Å². The van der Waals surface area contributed by atoms with Crippen molar-refractivity contribution in [2.75, 3.05) is 52.0 Å². The van der Waals surface area contributed by atoms with E-state index in [0.717, 1.165) is 57.7 Å². The Hall–Kier alpha value is -5.02. The highest BCUT2D eigenvalue weighted by Crippen LogP contribution is 2.48. The number of hydrogen-bond acceptors (Lipinski definition) is 6. The summed E-state index contributed by atoms with van der Waals surface area (Å²) in [5.74, 6) is 9.34. The molecule has 1 fully saturated rings. The molecule has 1 heterocycles. The molecule has 4 nitrogen and oxygen atoms in total. The van der Waals surface area contributed by atoms with E-state index < -0.39 is 4.75 Å². The zero-order chi connectivity index (χ0) is 43.8. The van der Waals surface area contributed by atoms with Crippen LogP contribution in [-0.4, -0.2) is 57.1 Å². The maximum Gasteiger partial charge on any atom is 0.0907 e. The molecule has 1 N–H and O–H groups in total. The molecule has 0 bridgehead atoms. The number of aliphatic hydroxyl groups is 1. The van der Waals surface area contributed by atoms with Gasteiger partial charge in [-0.15, -0.1) is 35.9 Å². The van der Waals surface area contributed by atoms with E-state index in [1.807, 2.05) is 36.9 Å². The van der Waals surface area contributed by atoms with E-state index in [9.17, 15) is 0 Å². The van der Waals surface area contributed by atoms with Crippen LogP contribution in [-0.2, 0) is 23.7 Å². The molecule has 6 aromatic rings. The minimum absolute atomic E-state index is 0.266. The fraction of sp³-hybridized carbons (Fsp3) is 0.286. The van der Waals surface area contributed by atoms with E-state index in [1.54, 1.807) is 0 Å². The van der Waals surface area contributed by atoms with Crippen molar-refractivity contribution < 1.29 is 19.3 Å². The maximum absolute atomic E-state index is 8.22. The van der Waals surface area contributed by atoms with Crippen LogP contribution in [0.25, 0.3) is 0 Å². The van der Waals surface area contributed by atoms with E-state index in [4.69, 9.17) is 33.6 Å². The molecular weight excluding hydrogens is 801 g/mol. The van der Waals surface area contributed by atoms with Crippen LogP contribution in [0.3, 0.4) is 0 Å². The fourth-order valence-electron chi connectivity index (χ4n) is 6.61. The van der Waals surface area contributed by atoms with Gasteiger partial charge in [-0.2, -0.15) is 12.6 Å². The number of terminal acetylenes is 1. The van der Waals surface area contributed by atoms with Crippen molar-refractivity contribution in [3.63, 3.8) is 0 Å². The summed E-state index contributed by atoms with van der Waals surface area (Å²) >= 11 is 7.01. The van der Waals surface area contributed by atoms with Crippen LogP contribution in [0.1, 0.15) is 72.4 Å². The number of aliphatic hydroxyl groups excluding tert-OH is 1. The molecule has 0 amide bonds. The van der Waals surface area contributed by atoms with Gasteiger partial charge >= 0.3 is 0 Å². The molecule has 0 spiro atoms. The summed E-state index contributed by atoms with van der Waals surface area (Å²) in [7, 11) is 0. The molecule has 1 aliphatic rings. The molecule has 0 saturated carbocycles. The van der Waals surface area contributed by atoms with Gasteiger partial charge in [-0.25, -0.2) is 0 Å². The normalized spacial score (nSPS) is 11.4. The Labute approximate surface area is 381 Å². The topological polar surface area (TPSA) is 51.2 Å². The summed E-state index contributed by atoms with van der Waals surface area (Å²) in [6.45, 7) is 6.81. The van der Waals surface area contributed by atoms with Crippen molar-refractivity contribution in [3.8, 4) is 24.2 Å². The van der Waals surface area contributed by atoms with Crippen molar-refractivity contribution in [2.24, 2.45) is 0 Å². The van der Waals surface area contributed by atoms with Gasteiger partial charge in [-0.3, -0.25) is 0 Å². The van der Waals surface area contributed by atoms with Gasteiger partial charge in [0.2, 0.25) is 0 Å². The molecule has 62 heavy (non-hydrogen) atoms. The van der Waals surface area contributed by atoms with Gasteiger partial charge in [0.25, 0.3) is 0 Å². The molecule has 0 aliphatic carbocycles. The van der Waals surface area contributed by atoms with Crippen molar-refractivity contribution in [3.05, 3.63) is 215 Å². The highest BCUT2D eigenvalue weighted by Gasteiger charge is 2.36. The zero-order valence-electron chi connectivity index (χ0n) is 36.1. The first-order chi connectivity index (χ1) is 30.6. The third-order valence-electron chi connectivity index (χ3n) is 9.73. The molecule has 6 heteroatoms. The molecule has 1 aliphatic heterocycles. The summed E-state index contributed by atoms with van der Waals surface area (Å²) in [6, 6.07) is 63.6.